The Morgan fingerprint density at radius 3 is 1.88 bits per heavy atom. The van der Waals surface area contributed by atoms with Gasteiger partial charge in [-0.05, 0) is 49.6 Å². The highest BCUT2D eigenvalue weighted by molar-refractivity contribution is 5.68. The van der Waals surface area contributed by atoms with Crippen LogP contribution in [-0.2, 0) is 34.0 Å². The Hall–Kier alpha value is -3.59. The third-order valence-corrected chi connectivity index (χ3v) is 5.62. The molecule has 0 unspecified atom stereocenters. The van der Waals surface area contributed by atoms with Gasteiger partial charge in [0, 0.05) is 13.1 Å². The van der Waals surface area contributed by atoms with E-state index in [-0.39, 0.29) is 13.2 Å². The zero-order valence-electron chi connectivity index (χ0n) is 23.7. The van der Waals surface area contributed by atoms with Crippen molar-refractivity contribution in [2.75, 3.05) is 39.6 Å². The minimum absolute atomic E-state index is 0.0282. The lowest BCUT2D eigenvalue weighted by molar-refractivity contribution is 0.00628. The summed E-state index contributed by atoms with van der Waals surface area (Å²) in [6, 6.07) is 25.6. The number of nitrogens with zero attached hydrogens (tertiary/aromatic N) is 1. The average Bonchev–Trinajstić information content (AvgIpc) is 2.94. The lowest BCUT2D eigenvalue weighted by atomic mass is 10.1. The highest BCUT2D eigenvalue weighted by atomic mass is 16.6. The molecule has 3 aromatic carbocycles. The Bertz CT molecular complexity index is 1130. The molecule has 0 saturated heterocycles. The van der Waals surface area contributed by atoms with Gasteiger partial charge in [0.05, 0.1) is 33.0 Å². The van der Waals surface area contributed by atoms with E-state index in [1.54, 1.807) is 4.90 Å². The molecule has 0 heterocycles. The van der Waals surface area contributed by atoms with Crippen LogP contribution in [0.25, 0.3) is 0 Å². The quantitative estimate of drug-likeness (QED) is 0.232. The van der Waals surface area contributed by atoms with Gasteiger partial charge >= 0.3 is 6.09 Å². The third-order valence-electron chi connectivity index (χ3n) is 5.62. The van der Waals surface area contributed by atoms with Crippen LogP contribution in [0, 0.1) is 0 Å². The molecular weight excluding hydrogens is 510 g/mol. The predicted octanol–water partition coefficient (Wildman–Crippen LogP) is 5.61. The number of hydrogen-bond acceptors (Lipinski definition) is 7. The van der Waals surface area contributed by atoms with Crippen molar-refractivity contribution in [1.29, 1.82) is 0 Å². The lowest BCUT2D eigenvalue weighted by Gasteiger charge is -2.27. The van der Waals surface area contributed by atoms with Gasteiger partial charge in [0.2, 0.25) is 0 Å². The lowest BCUT2D eigenvalue weighted by Crippen LogP contribution is -2.38. The van der Waals surface area contributed by atoms with E-state index in [1.165, 1.54) is 0 Å². The summed E-state index contributed by atoms with van der Waals surface area (Å²) < 4.78 is 28.8. The molecule has 1 amide bonds. The van der Waals surface area contributed by atoms with Gasteiger partial charge in [-0.3, -0.25) is 0 Å². The summed E-state index contributed by atoms with van der Waals surface area (Å²) >= 11 is 0. The van der Waals surface area contributed by atoms with Crippen LogP contribution in [0.1, 0.15) is 37.5 Å². The maximum Gasteiger partial charge on any atom is 0.410 e. The average molecular weight is 552 g/mol. The molecule has 0 saturated carbocycles. The number of benzene rings is 3. The van der Waals surface area contributed by atoms with Crippen molar-refractivity contribution in [3.05, 3.63) is 95.6 Å². The van der Waals surface area contributed by atoms with E-state index in [1.807, 2.05) is 99.6 Å². The SMILES string of the molecule is CC(C)(C)OC(=O)N(CCOCCOCCO)Cc1ccc(OCc2ccccc2)c(OCc2ccccc2)c1. The maximum absolute atomic E-state index is 13.0. The smallest absolute Gasteiger partial charge is 0.410 e. The first-order valence-electron chi connectivity index (χ1n) is 13.5. The van der Waals surface area contributed by atoms with Gasteiger partial charge in [-0.1, -0.05) is 66.7 Å². The number of aliphatic hydroxyl groups is 1. The Morgan fingerprint density at radius 1 is 0.725 bits per heavy atom. The van der Waals surface area contributed by atoms with Crippen molar-refractivity contribution in [1.82, 2.24) is 4.90 Å². The first-order chi connectivity index (χ1) is 19.3. The fourth-order valence-electron chi connectivity index (χ4n) is 3.70. The van der Waals surface area contributed by atoms with Crippen LogP contribution in [0.5, 0.6) is 11.5 Å². The fourth-order valence-corrected chi connectivity index (χ4v) is 3.70. The van der Waals surface area contributed by atoms with Crippen LogP contribution in [0.4, 0.5) is 4.79 Å². The van der Waals surface area contributed by atoms with Gasteiger partial charge in [0.1, 0.15) is 18.8 Å². The van der Waals surface area contributed by atoms with Crippen molar-refractivity contribution in [3.8, 4) is 11.5 Å². The van der Waals surface area contributed by atoms with E-state index in [0.29, 0.717) is 57.6 Å². The van der Waals surface area contributed by atoms with Crippen LogP contribution in [-0.4, -0.2) is 61.3 Å². The van der Waals surface area contributed by atoms with Crippen LogP contribution in [0.2, 0.25) is 0 Å². The number of ether oxygens (including phenoxy) is 5. The summed E-state index contributed by atoms with van der Waals surface area (Å²) in [4.78, 5) is 14.6. The molecule has 216 valence electrons. The van der Waals surface area contributed by atoms with E-state index in [9.17, 15) is 4.79 Å². The first kappa shape index (κ1) is 30.9. The minimum atomic E-state index is -0.632. The topological polar surface area (TPSA) is 86.7 Å². The molecule has 0 aliphatic carbocycles. The van der Waals surface area contributed by atoms with E-state index < -0.39 is 11.7 Å². The Morgan fingerprint density at radius 2 is 1.30 bits per heavy atom. The summed E-state index contributed by atoms with van der Waals surface area (Å²) in [6.45, 7) is 8.25. The standard InChI is InChI=1S/C32H41NO7/c1-32(2,3)40-31(35)33(16-18-36-20-21-37-19-17-34)23-28-14-15-29(38-24-26-10-6-4-7-11-26)30(22-28)39-25-27-12-8-5-9-13-27/h4-15,22,34H,16-21,23-25H2,1-3H3. The van der Waals surface area contributed by atoms with Gasteiger partial charge in [-0.15, -0.1) is 0 Å². The third kappa shape index (κ3) is 11.7. The normalized spacial score (nSPS) is 11.2. The predicted molar refractivity (Wildman–Crippen MR) is 153 cm³/mol. The van der Waals surface area contributed by atoms with Crippen molar-refractivity contribution < 1.29 is 33.6 Å². The van der Waals surface area contributed by atoms with E-state index in [2.05, 4.69) is 0 Å². The zero-order valence-corrected chi connectivity index (χ0v) is 23.7. The number of carbonyl (C=O) groups excluding carboxylic acids is 1. The molecule has 40 heavy (non-hydrogen) atoms. The van der Waals surface area contributed by atoms with Crippen molar-refractivity contribution in [3.63, 3.8) is 0 Å². The summed E-state index contributed by atoms with van der Waals surface area (Å²) in [5.41, 5.74) is 2.33. The summed E-state index contributed by atoms with van der Waals surface area (Å²) in [5, 5.41) is 8.81. The summed E-state index contributed by atoms with van der Waals surface area (Å²) in [7, 11) is 0. The molecule has 0 atom stereocenters. The second-order valence-electron chi connectivity index (χ2n) is 10.2. The molecule has 0 spiro atoms. The molecular formula is C32H41NO7. The van der Waals surface area contributed by atoms with Crippen LogP contribution < -0.4 is 9.47 Å². The van der Waals surface area contributed by atoms with E-state index in [0.717, 1.165) is 16.7 Å². The molecule has 8 nitrogen and oxygen atoms in total. The number of rotatable bonds is 16. The molecule has 0 aliphatic rings. The molecule has 0 radical (unpaired) electrons. The molecule has 3 aromatic rings. The second-order valence-corrected chi connectivity index (χ2v) is 10.2. The Kier molecular flexibility index (Phi) is 12.8. The Balaban J connectivity index is 1.72. The molecule has 0 bridgehead atoms. The van der Waals surface area contributed by atoms with E-state index in [4.69, 9.17) is 28.8 Å². The number of carbonyl (C=O) groups is 1. The molecule has 0 fully saturated rings. The summed E-state index contributed by atoms with van der Waals surface area (Å²) in [5.74, 6) is 1.22. The van der Waals surface area contributed by atoms with Gasteiger partial charge in [-0.2, -0.15) is 0 Å². The molecule has 3 rings (SSSR count). The number of aliphatic hydroxyl groups excluding tert-OH is 1. The largest absolute Gasteiger partial charge is 0.485 e. The molecule has 1 N–H and O–H groups in total. The highest BCUT2D eigenvalue weighted by Crippen LogP contribution is 2.31. The van der Waals surface area contributed by atoms with Gasteiger partial charge < -0.3 is 33.7 Å². The molecule has 0 aromatic heterocycles. The summed E-state index contributed by atoms with van der Waals surface area (Å²) in [6.07, 6.45) is -0.427. The maximum atomic E-state index is 13.0. The van der Waals surface area contributed by atoms with Crippen molar-refractivity contribution in [2.45, 2.75) is 46.1 Å². The Labute approximate surface area is 237 Å². The van der Waals surface area contributed by atoms with Gasteiger partial charge in [0.25, 0.3) is 0 Å². The highest BCUT2D eigenvalue weighted by Gasteiger charge is 2.23. The van der Waals surface area contributed by atoms with Crippen LogP contribution in [0.15, 0.2) is 78.9 Å². The minimum Gasteiger partial charge on any atom is -0.485 e. The van der Waals surface area contributed by atoms with Gasteiger partial charge in [-0.25, -0.2) is 4.79 Å². The number of hydrogen-bond donors (Lipinski definition) is 1. The zero-order chi connectivity index (χ0) is 28.6. The van der Waals surface area contributed by atoms with Crippen molar-refractivity contribution in [2.24, 2.45) is 0 Å². The van der Waals surface area contributed by atoms with Gasteiger partial charge in [0.15, 0.2) is 11.5 Å². The fraction of sp³-hybridized carbons (Fsp3) is 0.406. The first-order valence-corrected chi connectivity index (χ1v) is 13.5. The molecule has 0 aliphatic heterocycles. The van der Waals surface area contributed by atoms with Crippen LogP contribution >= 0.6 is 0 Å². The van der Waals surface area contributed by atoms with Crippen molar-refractivity contribution >= 4 is 6.09 Å². The molecule has 8 heteroatoms. The second kappa shape index (κ2) is 16.5. The van der Waals surface area contributed by atoms with Crippen LogP contribution in [0.3, 0.4) is 0 Å². The number of amides is 1. The van der Waals surface area contributed by atoms with E-state index >= 15 is 0 Å². The monoisotopic (exact) mass is 551 g/mol.